The third-order valence-corrected chi connectivity index (χ3v) is 15.2. The molecule has 1 spiro atoms. The van der Waals surface area contributed by atoms with Crippen LogP contribution in [-0.2, 0) is 30.1 Å². The van der Waals surface area contributed by atoms with Crippen molar-refractivity contribution in [3.8, 4) is 22.3 Å². The fraction of sp³-hybridized carbons (Fsp3) is 0.0769. The van der Waals surface area contributed by atoms with Crippen molar-refractivity contribution in [2.45, 2.75) is 30.1 Å². The van der Waals surface area contributed by atoms with E-state index in [1.807, 2.05) is 54.6 Å². The molecule has 2 aliphatic carbocycles. The second-order valence-corrected chi connectivity index (χ2v) is 19.6. The molecule has 2 aliphatic rings. The quantitative estimate of drug-likeness (QED) is 0.153. The van der Waals surface area contributed by atoms with Gasteiger partial charge in [-0.2, -0.15) is 52.7 Å². The number of nitrogens with zero attached hydrogens (tertiary/aromatic N) is 2. The lowest BCUT2D eigenvalue weighted by molar-refractivity contribution is -0.144. The summed E-state index contributed by atoms with van der Waals surface area (Å²) in [5.41, 5.74) is -2.05. The Balaban J connectivity index is 1.16. The van der Waals surface area contributed by atoms with Crippen LogP contribution in [0.2, 0.25) is 0 Å². The van der Waals surface area contributed by atoms with E-state index in [2.05, 4.69) is 0 Å². The molecule has 390 valence electrons. The molecule has 11 aromatic rings. The van der Waals surface area contributed by atoms with Gasteiger partial charge in [0.15, 0.2) is 0 Å². The van der Waals surface area contributed by atoms with E-state index in [1.165, 1.54) is 9.80 Å². The third-order valence-electron chi connectivity index (χ3n) is 15.2. The van der Waals surface area contributed by atoms with E-state index < -0.39 is 63.7 Å². The van der Waals surface area contributed by atoms with Gasteiger partial charge in [-0.25, -0.2) is 0 Å². The van der Waals surface area contributed by atoms with E-state index in [4.69, 9.17) is 0 Å². The van der Waals surface area contributed by atoms with E-state index in [9.17, 15) is 52.7 Å². The Morgan fingerprint density at radius 1 is 0.266 bits per heavy atom. The lowest BCUT2D eigenvalue weighted by Gasteiger charge is -2.34. The van der Waals surface area contributed by atoms with Crippen molar-refractivity contribution >= 4 is 66.4 Å². The molecule has 0 amide bonds. The molecule has 0 radical (unpaired) electrons. The van der Waals surface area contributed by atoms with Gasteiger partial charge in [0.1, 0.15) is 0 Å². The van der Waals surface area contributed by atoms with Crippen LogP contribution in [0.3, 0.4) is 0 Å². The van der Waals surface area contributed by atoms with Crippen molar-refractivity contribution < 1.29 is 52.7 Å². The molecular weight excluding hydrogens is 1040 g/mol. The largest absolute Gasteiger partial charge is 0.416 e. The van der Waals surface area contributed by atoms with Crippen LogP contribution >= 0.6 is 0 Å². The van der Waals surface area contributed by atoms with Crippen LogP contribution in [0, 0.1) is 0 Å². The highest BCUT2D eigenvalue weighted by atomic mass is 19.4. The first-order chi connectivity index (χ1) is 37.7. The van der Waals surface area contributed by atoms with Gasteiger partial charge in [-0.3, -0.25) is 0 Å². The number of anilines is 6. The van der Waals surface area contributed by atoms with E-state index >= 15 is 0 Å². The average Bonchev–Trinajstić information content (AvgIpc) is 2.15. The van der Waals surface area contributed by atoms with E-state index in [1.54, 1.807) is 127 Å². The smallest absolute Gasteiger partial charge is 0.310 e. The van der Waals surface area contributed by atoms with Crippen LogP contribution in [-0.4, -0.2) is 0 Å². The van der Waals surface area contributed by atoms with Crippen molar-refractivity contribution in [1.29, 1.82) is 0 Å². The summed E-state index contributed by atoms with van der Waals surface area (Å²) in [6, 6.07) is 56.2. The van der Waals surface area contributed by atoms with Gasteiger partial charge in [0.25, 0.3) is 0 Å². The zero-order chi connectivity index (χ0) is 55.0. The van der Waals surface area contributed by atoms with Gasteiger partial charge in [0.05, 0.1) is 44.7 Å². The van der Waals surface area contributed by atoms with Crippen molar-refractivity contribution in [3.05, 3.63) is 263 Å². The monoisotopic (exact) mass is 1070 g/mol. The fourth-order valence-electron chi connectivity index (χ4n) is 12.1. The van der Waals surface area contributed by atoms with Crippen molar-refractivity contribution in [3.63, 3.8) is 0 Å². The second-order valence-electron chi connectivity index (χ2n) is 19.6. The Hall–Kier alpha value is -9.04. The summed E-state index contributed by atoms with van der Waals surface area (Å²) in [6.07, 6.45) is -20.8. The Labute approximate surface area is 442 Å². The molecule has 0 saturated carbocycles. The molecule has 13 rings (SSSR count). The van der Waals surface area contributed by atoms with Crippen LogP contribution in [0.25, 0.3) is 54.6 Å². The maximum atomic E-state index is 15.0. The number of halogens is 12. The van der Waals surface area contributed by atoms with Crippen LogP contribution in [0.15, 0.2) is 218 Å². The van der Waals surface area contributed by atoms with Gasteiger partial charge in [-0.15, -0.1) is 0 Å². The van der Waals surface area contributed by atoms with Gasteiger partial charge in [-0.1, -0.05) is 152 Å². The fourth-order valence-corrected chi connectivity index (χ4v) is 12.1. The highest BCUT2D eigenvalue weighted by Crippen LogP contribution is 2.66. The number of hydrogen-bond donors (Lipinski definition) is 0. The molecule has 11 aromatic carbocycles. The molecule has 0 aliphatic heterocycles. The summed E-state index contributed by atoms with van der Waals surface area (Å²) in [4.78, 5) is 2.81. The average molecular weight is 1070 g/mol. The molecule has 0 saturated heterocycles. The molecule has 79 heavy (non-hydrogen) atoms. The zero-order valence-corrected chi connectivity index (χ0v) is 40.7. The molecule has 0 aromatic heterocycles. The molecule has 2 nitrogen and oxygen atoms in total. The lowest BCUT2D eigenvalue weighted by atomic mass is 9.70. The maximum absolute atomic E-state index is 15.0. The Kier molecular flexibility index (Phi) is 11.0. The number of benzene rings is 11. The predicted molar refractivity (Wildman–Crippen MR) is 285 cm³/mol. The topological polar surface area (TPSA) is 6.48 Å². The first-order valence-corrected chi connectivity index (χ1v) is 24.8. The van der Waals surface area contributed by atoms with Crippen LogP contribution in [0.5, 0.6) is 0 Å². The molecule has 0 heterocycles. The van der Waals surface area contributed by atoms with Crippen LogP contribution < -0.4 is 9.80 Å². The molecule has 0 N–H and O–H groups in total. The maximum Gasteiger partial charge on any atom is 0.416 e. The van der Waals surface area contributed by atoms with E-state index in [0.29, 0.717) is 78.8 Å². The predicted octanol–water partition coefficient (Wildman–Crippen LogP) is 20.5. The van der Waals surface area contributed by atoms with E-state index in [-0.39, 0.29) is 34.9 Å². The molecular formula is C65H36F12N2. The standard InChI is InChI=1S/C65H36F12N2/c66-62(67,68)39-29-40(63(69,70)71)32-44(31-39)78(57-25-11-15-37-13-1-3-17-46(37)57)43-27-28-52-55(35-43)61(53-23-9-7-19-48(53)49-20-8-10-24-54(49)61)56-36-59(50-21-5-6-22-51(50)60(52)56)79(58-26-12-16-38-14-2-4-18-47(38)58)45-33-41(64(72,73)74)30-42(34-45)65(75,76)77/h1-36H. The van der Waals surface area contributed by atoms with Gasteiger partial charge in [0.2, 0.25) is 0 Å². The minimum absolute atomic E-state index is 0.0824. The summed E-state index contributed by atoms with van der Waals surface area (Å²) in [5.74, 6) is 0. The lowest BCUT2D eigenvalue weighted by Crippen LogP contribution is -2.27. The van der Waals surface area contributed by atoms with Gasteiger partial charge in [-0.05, 0) is 127 Å². The third kappa shape index (κ3) is 7.81. The van der Waals surface area contributed by atoms with E-state index in [0.717, 1.165) is 22.3 Å². The summed E-state index contributed by atoms with van der Waals surface area (Å²) in [7, 11) is 0. The van der Waals surface area contributed by atoms with Gasteiger partial charge < -0.3 is 9.80 Å². The minimum atomic E-state index is -5.20. The van der Waals surface area contributed by atoms with Crippen molar-refractivity contribution in [1.82, 2.24) is 0 Å². The zero-order valence-electron chi connectivity index (χ0n) is 40.7. The summed E-state index contributed by atoms with van der Waals surface area (Å²) in [6.45, 7) is 0. The number of hydrogen-bond acceptors (Lipinski definition) is 2. The highest BCUT2D eigenvalue weighted by Gasteiger charge is 2.53. The first kappa shape index (κ1) is 49.5. The number of alkyl halides is 12. The molecule has 0 atom stereocenters. The normalized spacial score (nSPS) is 13.7. The summed E-state index contributed by atoms with van der Waals surface area (Å²) < 4.78 is 179. The SMILES string of the molecule is FC(F)(F)c1cc(N(c2ccc3c(c2)C2(c4ccccc4-c4ccccc42)c2cc(N(c4cc(C(F)(F)F)cc(C(F)(F)F)c4)c4cccc5ccccc45)c4ccccc4c2-3)c2cccc3ccccc23)cc(C(F)(F)F)c1. The van der Waals surface area contributed by atoms with Crippen molar-refractivity contribution in [2.75, 3.05) is 9.80 Å². The first-order valence-electron chi connectivity index (χ1n) is 24.8. The number of rotatable bonds is 6. The van der Waals surface area contributed by atoms with Crippen LogP contribution in [0.4, 0.5) is 86.8 Å². The molecule has 14 heteroatoms. The summed E-state index contributed by atoms with van der Waals surface area (Å²) >= 11 is 0. The summed E-state index contributed by atoms with van der Waals surface area (Å²) in [5, 5.41) is 3.31. The van der Waals surface area contributed by atoms with Gasteiger partial charge in [0, 0.05) is 33.2 Å². The minimum Gasteiger partial charge on any atom is -0.310 e. The molecule has 0 unspecified atom stereocenters. The van der Waals surface area contributed by atoms with Crippen LogP contribution in [0.1, 0.15) is 44.5 Å². The molecule has 0 fully saturated rings. The Morgan fingerprint density at radius 3 is 1.16 bits per heavy atom. The van der Waals surface area contributed by atoms with Crippen molar-refractivity contribution in [2.24, 2.45) is 0 Å². The molecule has 0 bridgehead atoms. The Bertz CT molecular complexity index is 4180. The van der Waals surface area contributed by atoms with Gasteiger partial charge >= 0.3 is 24.7 Å². The number of fused-ring (bicyclic) bond motifs is 14. The Morgan fingerprint density at radius 2 is 0.671 bits per heavy atom. The highest BCUT2D eigenvalue weighted by molar-refractivity contribution is 6.14. The second kappa shape index (κ2) is 17.5.